The van der Waals surface area contributed by atoms with Crippen molar-refractivity contribution in [1.82, 2.24) is 4.65 Å². The normalized spacial score (nSPS) is 15.7. The fourth-order valence-electron chi connectivity index (χ4n) is 1.04. The van der Waals surface area contributed by atoms with Crippen LogP contribution in [-0.2, 0) is 0 Å². The lowest BCUT2D eigenvalue weighted by molar-refractivity contribution is 0.470. The first-order valence-electron chi connectivity index (χ1n) is 4.20. The van der Waals surface area contributed by atoms with Crippen molar-refractivity contribution in [3.8, 4) is 0 Å². The molecule has 0 heterocycles. The number of aryl methyl sites for hydroxylation is 1. The number of hydrogen-bond donors (Lipinski definition) is 0. The zero-order valence-electron chi connectivity index (χ0n) is 7.87. The van der Waals surface area contributed by atoms with Gasteiger partial charge in [-0.2, -0.15) is 0 Å². The molecule has 0 saturated carbocycles. The van der Waals surface area contributed by atoms with E-state index in [-0.39, 0.29) is 4.65 Å². The average Bonchev–Trinajstić information content (AvgIpc) is 2.05. The molecule has 1 rings (SSSR count). The second kappa shape index (κ2) is 3.25. The Kier molecular flexibility index (Phi) is 2.50. The lowest BCUT2D eigenvalue weighted by Gasteiger charge is -2.36. The standard InChI is InChI=1S/C10H15NO/c1-4-11(3,12)10-7-5-9(2)6-8-10/h5-8H,4H2,1-3H3. The van der Waals surface area contributed by atoms with Gasteiger partial charge in [-0.05, 0) is 26.0 Å². The van der Waals surface area contributed by atoms with E-state index >= 15 is 0 Å². The van der Waals surface area contributed by atoms with Crippen molar-refractivity contribution in [3.05, 3.63) is 35.0 Å². The Balaban J connectivity index is 2.96. The van der Waals surface area contributed by atoms with Crippen LogP contribution in [0.4, 0.5) is 5.69 Å². The number of hydroxylamine groups is 2. The minimum atomic E-state index is -0.291. The lowest BCUT2D eigenvalue weighted by atomic mass is 10.2. The van der Waals surface area contributed by atoms with Gasteiger partial charge < -0.3 is 9.85 Å². The lowest BCUT2D eigenvalue weighted by Crippen LogP contribution is -2.37. The molecule has 0 radical (unpaired) electrons. The predicted octanol–water partition coefficient (Wildman–Crippen LogP) is 2.45. The van der Waals surface area contributed by atoms with Crippen LogP contribution in [0.3, 0.4) is 0 Å². The van der Waals surface area contributed by atoms with Crippen molar-refractivity contribution in [2.75, 3.05) is 13.6 Å². The molecule has 0 aromatic heterocycles. The third-order valence-electron chi connectivity index (χ3n) is 2.18. The van der Waals surface area contributed by atoms with Crippen molar-refractivity contribution >= 4 is 5.69 Å². The molecule has 12 heavy (non-hydrogen) atoms. The summed E-state index contributed by atoms with van der Waals surface area (Å²) in [5.74, 6) is 0. The highest BCUT2D eigenvalue weighted by molar-refractivity contribution is 5.44. The molecule has 0 N–H and O–H groups in total. The molecule has 0 spiro atoms. The Morgan fingerprint density at radius 1 is 1.25 bits per heavy atom. The summed E-state index contributed by atoms with van der Waals surface area (Å²) in [5.41, 5.74) is 2.01. The molecule has 2 nitrogen and oxygen atoms in total. The van der Waals surface area contributed by atoms with Gasteiger partial charge in [-0.1, -0.05) is 17.7 Å². The molecule has 0 amide bonds. The van der Waals surface area contributed by atoms with E-state index < -0.39 is 0 Å². The van der Waals surface area contributed by atoms with Gasteiger partial charge in [0, 0.05) is 0 Å². The van der Waals surface area contributed by atoms with Crippen LogP contribution in [0.5, 0.6) is 0 Å². The molecule has 0 aliphatic carbocycles. The molecule has 66 valence electrons. The molecule has 0 fully saturated rings. The van der Waals surface area contributed by atoms with Crippen LogP contribution in [0.25, 0.3) is 0 Å². The SMILES string of the molecule is CC[N+](C)([O-])c1ccc(C)cc1. The molecular weight excluding hydrogens is 150 g/mol. The van der Waals surface area contributed by atoms with Crippen LogP contribution in [0.2, 0.25) is 0 Å². The number of benzene rings is 1. The van der Waals surface area contributed by atoms with Crippen molar-refractivity contribution in [2.45, 2.75) is 13.8 Å². The van der Waals surface area contributed by atoms with Gasteiger partial charge in [-0.25, -0.2) is 0 Å². The molecule has 0 saturated heterocycles. The molecule has 1 atom stereocenters. The highest BCUT2D eigenvalue weighted by Crippen LogP contribution is 2.19. The number of quaternary nitrogens is 1. The monoisotopic (exact) mass is 165 g/mol. The van der Waals surface area contributed by atoms with Gasteiger partial charge in [0.25, 0.3) is 0 Å². The third-order valence-corrected chi connectivity index (χ3v) is 2.18. The van der Waals surface area contributed by atoms with E-state index in [1.54, 1.807) is 7.05 Å². The number of rotatable bonds is 2. The minimum Gasteiger partial charge on any atom is -0.628 e. The summed E-state index contributed by atoms with van der Waals surface area (Å²) in [6, 6.07) is 7.73. The Bertz CT molecular complexity index is 251. The van der Waals surface area contributed by atoms with Gasteiger partial charge in [-0.15, -0.1) is 0 Å². The maximum Gasteiger partial charge on any atom is 0.132 e. The molecule has 1 aromatic rings. The molecular formula is C10H15NO. The first-order chi connectivity index (χ1) is 5.56. The fourth-order valence-corrected chi connectivity index (χ4v) is 1.04. The predicted molar refractivity (Wildman–Crippen MR) is 52.8 cm³/mol. The van der Waals surface area contributed by atoms with Gasteiger partial charge in [0.2, 0.25) is 0 Å². The van der Waals surface area contributed by atoms with E-state index in [2.05, 4.69) is 0 Å². The molecule has 0 aliphatic heterocycles. The van der Waals surface area contributed by atoms with Crippen LogP contribution >= 0.6 is 0 Å². The second-order valence-electron chi connectivity index (χ2n) is 3.25. The molecule has 1 aromatic carbocycles. The number of nitrogens with zero attached hydrogens (tertiary/aromatic N) is 1. The van der Waals surface area contributed by atoms with Crippen LogP contribution in [0.15, 0.2) is 24.3 Å². The fraction of sp³-hybridized carbons (Fsp3) is 0.400. The van der Waals surface area contributed by atoms with E-state index in [4.69, 9.17) is 0 Å². The summed E-state index contributed by atoms with van der Waals surface area (Å²) in [5, 5.41) is 11.7. The van der Waals surface area contributed by atoms with E-state index in [9.17, 15) is 5.21 Å². The maximum absolute atomic E-state index is 11.7. The highest BCUT2D eigenvalue weighted by atomic mass is 16.5. The zero-order chi connectivity index (χ0) is 9.19. The van der Waals surface area contributed by atoms with E-state index in [0.29, 0.717) is 6.54 Å². The van der Waals surface area contributed by atoms with Gasteiger partial charge in [-0.3, -0.25) is 0 Å². The summed E-state index contributed by atoms with van der Waals surface area (Å²) in [6.07, 6.45) is 0. The summed E-state index contributed by atoms with van der Waals surface area (Å²) in [6.45, 7) is 4.49. The smallest absolute Gasteiger partial charge is 0.132 e. The average molecular weight is 165 g/mol. The van der Waals surface area contributed by atoms with E-state index in [1.807, 2.05) is 38.1 Å². The summed E-state index contributed by atoms with van der Waals surface area (Å²) in [4.78, 5) is 0. The second-order valence-corrected chi connectivity index (χ2v) is 3.25. The van der Waals surface area contributed by atoms with Gasteiger partial charge in [0.05, 0.1) is 13.6 Å². The number of hydrogen-bond acceptors (Lipinski definition) is 1. The zero-order valence-corrected chi connectivity index (χ0v) is 7.87. The van der Waals surface area contributed by atoms with E-state index in [1.165, 1.54) is 5.56 Å². The van der Waals surface area contributed by atoms with Crippen molar-refractivity contribution in [2.24, 2.45) is 0 Å². The van der Waals surface area contributed by atoms with Crippen molar-refractivity contribution in [1.29, 1.82) is 0 Å². The largest absolute Gasteiger partial charge is 0.628 e. The first kappa shape index (κ1) is 9.23. The third kappa shape index (κ3) is 1.84. The molecule has 2 heteroatoms. The Morgan fingerprint density at radius 3 is 2.17 bits per heavy atom. The van der Waals surface area contributed by atoms with Crippen LogP contribution in [-0.4, -0.2) is 13.6 Å². The van der Waals surface area contributed by atoms with Gasteiger partial charge in [0.1, 0.15) is 5.69 Å². The van der Waals surface area contributed by atoms with Crippen LogP contribution in [0, 0.1) is 12.1 Å². The highest BCUT2D eigenvalue weighted by Gasteiger charge is 2.09. The summed E-state index contributed by atoms with van der Waals surface area (Å²) in [7, 11) is 1.67. The molecule has 1 unspecified atom stereocenters. The van der Waals surface area contributed by atoms with E-state index in [0.717, 1.165) is 5.69 Å². The Hall–Kier alpha value is -0.860. The maximum atomic E-state index is 11.7. The quantitative estimate of drug-likeness (QED) is 0.487. The Labute approximate surface area is 73.6 Å². The topological polar surface area (TPSA) is 23.1 Å². The first-order valence-corrected chi connectivity index (χ1v) is 4.20. The van der Waals surface area contributed by atoms with Crippen molar-refractivity contribution in [3.63, 3.8) is 0 Å². The summed E-state index contributed by atoms with van der Waals surface area (Å²) >= 11 is 0. The van der Waals surface area contributed by atoms with Crippen LogP contribution in [0.1, 0.15) is 12.5 Å². The minimum absolute atomic E-state index is 0.291. The Morgan fingerprint density at radius 2 is 1.75 bits per heavy atom. The van der Waals surface area contributed by atoms with Crippen molar-refractivity contribution < 1.29 is 0 Å². The van der Waals surface area contributed by atoms with Gasteiger partial charge in [0.15, 0.2) is 0 Å². The van der Waals surface area contributed by atoms with Crippen LogP contribution < -0.4 is 4.65 Å². The summed E-state index contributed by atoms with van der Waals surface area (Å²) < 4.78 is -0.291. The molecule has 0 aliphatic rings. The van der Waals surface area contributed by atoms with Gasteiger partial charge >= 0.3 is 0 Å². The molecule has 0 bridgehead atoms.